The smallest absolute Gasteiger partial charge is 0.165 e. The highest BCUT2D eigenvalue weighted by Crippen LogP contribution is 2.38. The lowest BCUT2D eigenvalue weighted by Crippen LogP contribution is -2.26. The molecule has 1 unspecified atom stereocenters. The normalized spacial score (nSPS) is 20.6. The van der Waals surface area contributed by atoms with Gasteiger partial charge in [0.1, 0.15) is 11.6 Å². The first-order valence-electron chi connectivity index (χ1n) is 8.85. The van der Waals surface area contributed by atoms with Crippen LogP contribution >= 0.6 is 0 Å². The summed E-state index contributed by atoms with van der Waals surface area (Å²) in [5.74, 6) is 2.43. The summed E-state index contributed by atoms with van der Waals surface area (Å²) < 4.78 is 18.8. The number of hydrogen-bond donors (Lipinski definition) is 1. The molecule has 2 aliphatic rings. The number of nitrogens with zero attached hydrogens (tertiary/aromatic N) is 3. The molecule has 2 heterocycles. The van der Waals surface area contributed by atoms with E-state index in [2.05, 4.69) is 20.2 Å². The van der Waals surface area contributed by atoms with Gasteiger partial charge < -0.3 is 10.1 Å². The van der Waals surface area contributed by atoms with Crippen LogP contribution in [0.15, 0.2) is 30.5 Å². The van der Waals surface area contributed by atoms with Crippen molar-refractivity contribution in [2.24, 2.45) is 0 Å². The average Bonchev–Trinajstić information content (AvgIpc) is 3.38. The van der Waals surface area contributed by atoms with Gasteiger partial charge >= 0.3 is 0 Å². The Bertz CT molecular complexity index is 750. The first kappa shape index (κ1) is 16.3. The highest BCUT2D eigenvalue weighted by atomic mass is 19.1. The van der Waals surface area contributed by atoms with Crippen LogP contribution in [0.5, 0.6) is 5.75 Å². The number of likely N-dealkylation sites (tertiary alicyclic amines) is 1. The predicted octanol–water partition coefficient (Wildman–Crippen LogP) is 3.19. The predicted molar refractivity (Wildman–Crippen MR) is 94.3 cm³/mol. The molecule has 2 aromatic rings. The van der Waals surface area contributed by atoms with Gasteiger partial charge in [-0.3, -0.25) is 4.90 Å². The molecule has 2 fully saturated rings. The minimum Gasteiger partial charge on any atom is -0.494 e. The second kappa shape index (κ2) is 6.96. The Morgan fingerprint density at radius 3 is 2.92 bits per heavy atom. The Kier molecular flexibility index (Phi) is 4.53. The van der Waals surface area contributed by atoms with E-state index in [9.17, 15) is 4.39 Å². The second-order valence-electron chi connectivity index (χ2n) is 6.91. The molecule has 25 heavy (non-hydrogen) atoms. The Morgan fingerprint density at radius 2 is 2.16 bits per heavy atom. The Hall–Kier alpha value is -2.21. The van der Waals surface area contributed by atoms with Crippen LogP contribution < -0.4 is 10.1 Å². The van der Waals surface area contributed by atoms with E-state index in [1.54, 1.807) is 12.1 Å². The van der Waals surface area contributed by atoms with E-state index in [0.29, 0.717) is 17.7 Å². The van der Waals surface area contributed by atoms with E-state index in [1.165, 1.54) is 20.0 Å². The van der Waals surface area contributed by atoms with Gasteiger partial charge in [-0.2, -0.15) is 0 Å². The zero-order valence-electron chi connectivity index (χ0n) is 14.4. The Labute approximate surface area is 147 Å². The monoisotopic (exact) mass is 342 g/mol. The van der Waals surface area contributed by atoms with Crippen molar-refractivity contribution in [2.45, 2.75) is 37.8 Å². The lowest BCUT2D eigenvalue weighted by Gasteiger charge is -2.17. The third-order valence-electron chi connectivity index (χ3n) is 4.86. The maximum Gasteiger partial charge on any atom is 0.165 e. The molecule has 4 rings (SSSR count). The minimum absolute atomic E-state index is 0.292. The molecule has 132 valence electrons. The largest absolute Gasteiger partial charge is 0.494 e. The summed E-state index contributed by atoms with van der Waals surface area (Å²) >= 11 is 0. The van der Waals surface area contributed by atoms with Gasteiger partial charge in [-0.15, -0.1) is 0 Å². The number of aromatic nitrogens is 2. The maximum absolute atomic E-state index is 13.8. The first-order valence-corrected chi connectivity index (χ1v) is 8.85. The van der Waals surface area contributed by atoms with Crippen LogP contribution in [0.4, 0.5) is 10.2 Å². The topological polar surface area (TPSA) is 50.3 Å². The van der Waals surface area contributed by atoms with Crippen molar-refractivity contribution in [1.82, 2.24) is 14.9 Å². The summed E-state index contributed by atoms with van der Waals surface area (Å²) in [5, 5.41) is 3.52. The molecule has 0 amide bonds. The number of anilines is 1. The number of hydrogen-bond acceptors (Lipinski definition) is 5. The summed E-state index contributed by atoms with van der Waals surface area (Å²) in [4.78, 5) is 11.3. The number of nitrogens with one attached hydrogen (secondary N) is 1. The van der Waals surface area contributed by atoms with Crippen LogP contribution in [0.1, 0.15) is 36.6 Å². The van der Waals surface area contributed by atoms with Crippen molar-refractivity contribution < 1.29 is 9.13 Å². The molecule has 1 aliphatic carbocycles. The molecule has 1 aromatic heterocycles. The SMILES string of the molecule is COc1ccc(CN2CCC(Nc3ccnc(C4CC4)n3)C2)cc1F. The second-order valence-corrected chi connectivity index (χ2v) is 6.91. The molecular weight excluding hydrogens is 319 g/mol. The molecule has 5 nitrogen and oxygen atoms in total. The standard InChI is InChI=1S/C19H23FN4O/c1-25-17-5-2-13(10-16(17)20)11-24-9-7-15(12-24)22-18-6-8-21-19(23-18)14-3-4-14/h2,5-6,8,10,14-15H,3-4,7,9,11-12H2,1H3,(H,21,22,23). The van der Waals surface area contributed by atoms with Gasteiger partial charge in [0.25, 0.3) is 0 Å². The Balaban J connectivity index is 1.33. The molecule has 1 aromatic carbocycles. The highest BCUT2D eigenvalue weighted by Gasteiger charge is 2.27. The van der Waals surface area contributed by atoms with Gasteiger partial charge in [0.15, 0.2) is 11.6 Å². The zero-order chi connectivity index (χ0) is 17.2. The van der Waals surface area contributed by atoms with Crippen molar-refractivity contribution in [3.63, 3.8) is 0 Å². The number of methoxy groups -OCH3 is 1. The van der Waals surface area contributed by atoms with Crippen molar-refractivity contribution >= 4 is 5.82 Å². The van der Waals surface area contributed by atoms with Crippen LogP contribution in [0.3, 0.4) is 0 Å². The Morgan fingerprint density at radius 1 is 1.28 bits per heavy atom. The fourth-order valence-corrected chi connectivity index (χ4v) is 3.36. The fourth-order valence-electron chi connectivity index (χ4n) is 3.36. The maximum atomic E-state index is 13.8. The third-order valence-corrected chi connectivity index (χ3v) is 4.86. The van der Waals surface area contributed by atoms with Crippen molar-refractivity contribution in [3.8, 4) is 5.75 Å². The third kappa shape index (κ3) is 3.90. The fraction of sp³-hybridized carbons (Fsp3) is 0.474. The van der Waals surface area contributed by atoms with Crippen LogP contribution in [-0.2, 0) is 6.54 Å². The van der Waals surface area contributed by atoms with Crippen molar-refractivity contribution in [2.75, 3.05) is 25.5 Å². The lowest BCUT2D eigenvalue weighted by atomic mass is 10.2. The van der Waals surface area contributed by atoms with Crippen LogP contribution in [-0.4, -0.2) is 41.1 Å². The van der Waals surface area contributed by atoms with Crippen LogP contribution in [0, 0.1) is 5.82 Å². The zero-order valence-corrected chi connectivity index (χ0v) is 14.4. The molecule has 1 saturated carbocycles. The van der Waals surface area contributed by atoms with E-state index < -0.39 is 0 Å². The number of rotatable bonds is 6. The summed E-state index contributed by atoms with van der Waals surface area (Å²) in [6.07, 6.45) is 5.31. The van der Waals surface area contributed by atoms with Gasteiger partial charge in [-0.25, -0.2) is 14.4 Å². The van der Waals surface area contributed by atoms with Gasteiger partial charge in [0.05, 0.1) is 7.11 Å². The molecule has 0 bridgehead atoms. The van der Waals surface area contributed by atoms with Gasteiger partial charge in [0.2, 0.25) is 0 Å². The lowest BCUT2D eigenvalue weighted by molar-refractivity contribution is 0.327. The van der Waals surface area contributed by atoms with Gasteiger partial charge in [-0.05, 0) is 43.0 Å². The summed E-state index contributed by atoms with van der Waals surface area (Å²) in [5.41, 5.74) is 0.969. The molecule has 0 spiro atoms. The van der Waals surface area contributed by atoms with Crippen molar-refractivity contribution in [3.05, 3.63) is 47.7 Å². The van der Waals surface area contributed by atoms with Crippen LogP contribution in [0.2, 0.25) is 0 Å². The number of benzene rings is 1. The summed E-state index contributed by atoms with van der Waals surface area (Å²) in [6, 6.07) is 7.48. The van der Waals surface area contributed by atoms with E-state index >= 15 is 0 Å². The summed E-state index contributed by atoms with van der Waals surface area (Å²) in [6.45, 7) is 2.67. The number of halogens is 1. The average molecular weight is 342 g/mol. The van der Waals surface area contributed by atoms with Gasteiger partial charge in [-0.1, -0.05) is 6.07 Å². The van der Waals surface area contributed by atoms with E-state index in [4.69, 9.17) is 4.74 Å². The molecule has 1 atom stereocenters. The molecule has 1 N–H and O–H groups in total. The van der Waals surface area contributed by atoms with E-state index in [1.807, 2.05) is 18.3 Å². The van der Waals surface area contributed by atoms with Gasteiger partial charge in [0, 0.05) is 37.8 Å². The summed E-state index contributed by atoms with van der Waals surface area (Å²) in [7, 11) is 1.48. The van der Waals surface area contributed by atoms with E-state index in [-0.39, 0.29) is 5.82 Å². The molecule has 1 saturated heterocycles. The molecular formula is C19H23FN4O. The van der Waals surface area contributed by atoms with Crippen LogP contribution in [0.25, 0.3) is 0 Å². The molecule has 6 heteroatoms. The minimum atomic E-state index is -0.303. The first-order chi connectivity index (χ1) is 12.2. The number of ether oxygens (including phenoxy) is 1. The molecule has 0 radical (unpaired) electrons. The van der Waals surface area contributed by atoms with Crippen molar-refractivity contribution in [1.29, 1.82) is 0 Å². The highest BCUT2D eigenvalue weighted by molar-refractivity contribution is 5.36. The van der Waals surface area contributed by atoms with E-state index in [0.717, 1.165) is 43.3 Å². The quantitative estimate of drug-likeness (QED) is 0.874. The molecule has 1 aliphatic heterocycles.